The zero-order valence-corrected chi connectivity index (χ0v) is 15.7. The lowest BCUT2D eigenvalue weighted by molar-refractivity contribution is -0.137. The van der Waals surface area contributed by atoms with Crippen molar-refractivity contribution in [2.45, 2.75) is 25.8 Å². The van der Waals surface area contributed by atoms with Crippen molar-refractivity contribution in [1.82, 2.24) is 9.80 Å². The number of urea groups is 1. The second-order valence-electron chi connectivity index (χ2n) is 6.80. The van der Waals surface area contributed by atoms with Gasteiger partial charge >= 0.3 is 6.03 Å². The zero-order chi connectivity index (χ0) is 19.8. The molecule has 0 radical (unpaired) electrons. The zero-order valence-electron chi connectivity index (χ0n) is 15.7. The topological polar surface area (TPSA) is 89.6 Å². The minimum atomic E-state index is -0.144. The van der Waals surface area contributed by atoms with Gasteiger partial charge in [0.2, 0.25) is 5.91 Å². The minimum Gasteiger partial charge on any atom is -0.467 e. The molecule has 3 rings (SSSR count). The van der Waals surface area contributed by atoms with Crippen molar-refractivity contribution < 1.29 is 14.0 Å². The minimum absolute atomic E-state index is 0.0229. The number of amides is 3. The van der Waals surface area contributed by atoms with Crippen LogP contribution in [0.25, 0.3) is 0 Å². The Bertz CT molecular complexity index is 806. The Morgan fingerprint density at radius 3 is 2.57 bits per heavy atom. The summed E-state index contributed by atoms with van der Waals surface area (Å²) in [6, 6.07) is 14.9. The smallest absolute Gasteiger partial charge is 0.321 e. The number of carbonyl (C=O) groups excluding carboxylic acids is 2. The van der Waals surface area contributed by atoms with E-state index in [-0.39, 0.29) is 24.3 Å². The van der Waals surface area contributed by atoms with Gasteiger partial charge in [-0.05, 0) is 37.1 Å². The van der Waals surface area contributed by atoms with Crippen molar-refractivity contribution in [3.63, 3.8) is 0 Å². The first kappa shape index (κ1) is 19.5. The summed E-state index contributed by atoms with van der Waals surface area (Å²) >= 11 is 0. The predicted octanol–water partition coefficient (Wildman–Crippen LogP) is 3.47. The SMILES string of the molecule is N#CCCN(Cc1ccco1)C(=O)C1CCN(C(=O)Nc2ccccc2)CC1. The average molecular weight is 380 g/mol. The van der Waals surface area contributed by atoms with E-state index in [9.17, 15) is 9.59 Å². The molecule has 2 heterocycles. The van der Waals surface area contributed by atoms with Crippen LogP contribution in [0.1, 0.15) is 25.0 Å². The third kappa shape index (κ3) is 5.13. The summed E-state index contributed by atoms with van der Waals surface area (Å²) in [6.07, 6.45) is 3.08. The van der Waals surface area contributed by atoms with Crippen LogP contribution >= 0.6 is 0 Å². The summed E-state index contributed by atoms with van der Waals surface area (Å²) in [4.78, 5) is 28.8. The third-order valence-corrected chi connectivity index (χ3v) is 4.89. The molecule has 0 unspecified atom stereocenters. The van der Waals surface area contributed by atoms with Gasteiger partial charge in [-0.1, -0.05) is 18.2 Å². The van der Waals surface area contributed by atoms with Crippen molar-refractivity contribution >= 4 is 17.6 Å². The summed E-state index contributed by atoms with van der Waals surface area (Å²) < 4.78 is 5.35. The van der Waals surface area contributed by atoms with Crippen LogP contribution in [0.4, 0.5) is 10.5 Å². The number of para-hydroxylation sites is 1. The molecular weight excluding hydrogens is 356 g/mol. The fourth-order valence-corrected chi connectivity index (χ4v) is 3.35. The highest BCUT2D eigenvalue weighted by molar-refractivity contribution is 5.89. The molecule has 0 aliphatic carbocycles. The molecule has 0 atom stereocenters. The molecule has 1 aromatic carbocycles. The molecule has 28 heavy (non-hydrogen) atoms. The highest BCUT2D eigenvalue weighted by Gasteiger charge is 2.30. The van der Waals surface area contributed by atoms with E-state index in [2.05, 4.69) is 11.4 Å². The largest absolute Gasteiger partial charge is 0.467 e. The number of hydrogen-bond acceptors (Lipinski definition) is 4. The Balaban J connectivity index is 1.54. The van der Waals surface area contributed by atoms with Crippen LogP contribution in [-0.2, 0) is 11.3 Å². The number of benzene rings is 1. The van der Waals surface area contributed by atoms with Gasteiger partial charge in [0.1, 0.15) is 5.76 Å². The predicted molar refractivity (Wildman–Crippen MR) is 104 cm³/mol. The van der Waals surface area contributed by atoms with E-state index in [0.717, 1.165) is 5.69 Å². The van der Waals surface area contributed by atoms with Crippen molar-refractivity contribution in [3.8, 4) is 6.07 Å². The number of nitrogens with one attached hydrogen (secondary N) is 1. The van der Waals surface area contributed by atoms with Crippen LogP contribution in [-0.4, -0.2) is 41.4 Å². The molecule has 1 aromatic heterocycles. The van der Waals surface area contributed by atoms with Crippen LogP contribution in [0, 0.1) is 17.2 Å². The maximum atomic E-state index is 13.0. The molecule has 3 amide bonds. The number of nitriles is 1. The lowest BCUT2D eigenvalue weighted by Crippen LogP contribution is -2.45. The molecule has 146 valence electrons. The van der Waals surface area contributed by atoms with E-state index in [1.807, 2.05) is 36.4 Å². The van der Waals surface area contributed by atoms with Gasteiger partial charge in [0.15, 0.2) is 0 Å². The van der Waals surface area contributed by atoms with Gasteiger partial charge in [-0.2, -0.15) is 5.26 Å². The summed E-state index contributed by atoms with van der Waals surface area (Å²) in [6.45, 7) is 1.80. The van der Waals surface area contributed by atoms with E-state index in [1.54, 1.807) is 22.1 Å². The Hall–Kier alpha value is -3.27. The van der Waals surface area contributed by atoms with Crippen molar-refractivity contribution in [3.05, 3.63) is 54.5 Å². The summed E-state index contributed by atoms with van der Waals surface area (Å²) in [5.41, 5.74) is 0.756. The second kappa shape index (κ2) is 9.60. The molecule has 0 bridgehead atoms. The van der Waals surface area contributed by atoms with E-state index in [1.165, 1.54) is 0 Å². The quantitative estimate of drug-likeness (QED) is 0.831. The highest BCUT2D eigenvalue weighted by Crippen LogP contribution is 2.22. The Kier molecular flexibility index (Phi) is 6.68. The standard InChI is InChI=1S/C21H24N4O3/c22-11-5-12-25(16-19-8-4-15-28-19)20(26)17-9-13-24(14-10-17)21(27)23-18-6-2-1-3-7-18/h1-4,6-8,15,17H,5,9-10,12-14,16H2,(H,23,27). The van der Waals surface area contributed by atoms with Gasteiger partial charge in [0.05, 0.1) is 25.3 Å². The van der Waals surface area contributed by atoms with Crippen molar-refractivity contribution in [2.24, 2.45) is 5.92 Å². The molecule has 1 saturated heterocycles. The van der Waals surface area contributed by atoms with Crippen molar-refractivity contribution in [2.75, 3.05) is 25.0 Å². The van der Waals surface area contributed by atoms with Gasteiger partial charge in [0, 0.05) is 31.2 Å². The van der Waals surface area contributed by atoms with Gasteiger partial charge in [-0.15, -0.1) is 0 Å². The summed E-state index contributed by atoms with van der Waals surface area (Å²) in [7, 11) is 0. The molecule has 7 nitrogen and oxygen atoms in total. The van der Waals surface area contributed by atoms with Crippen LogP contribution < -0.4 is 5.32 Å². The lowest BCUT2D eigenvalue weighted by Gasteiger charge is -2.34. The molecule has 7 heteroatoms. The number of likely N-dealkylation sites (tertiary alicyclic amines) is 1. The first-order valence-electron chi connectivity index (χ1n) is 9.46. The molecule has 0 saturated carbocycles. The average Bonchev–Trinajstić information content (AvgIpc) is 3.24. The number of hydrogen-bond donors (Lipinski definition) is 1. The Labute approximate surface area is 164 Å². The number of furan rings is 1. The first-order chi connectivity index (χ1) is 13.7. The molecular formula is C21H24N4O3. The molecule has 1 N–H and O–H groups in total. The molecule has 1 aliphatic rings. The monoisotopic (exact) mass is 380 g/mol. The maximum absolute atomic E-state index is 13.0. The van der Waals surface area contributed by atoms with E-state index >= 15 is 0 Å². The number of piperidine rings is 1. The van der Waals surface area contributed by atoms with E-state index in [0.29, 0.717) is 44.8 Å². The van der Waals surface area contributed by atoms with Crippen LogP contribution in [0.5, 0.6) is 0 Å². The number of anilines is 1. The van der Waals surface area contributed by atoms with Crippen molar-refractivity contribution in [1.29, 1.82) is 5.26 Å². The lowest BCUT2D eigenvalue weighted by atomic mass is 9.95. The summed E-state index contributed by atoms with van der Waals surface area (Å²) in [5.74, 6) is 0.579. The van der Waals surface area contributed by atoms with Gasteiger partial charge in [-0.25, -0.2) is 4.79 Å². The number of carbonyl (C=O) groups is 2. The summed E-state index contributed by atoms with van der Waals surface area (Å²) in [5, 5.41) is 11.8. The van der Waals surface area contributed by atoms with E-state index < -0.39 is 0 Å². The molecule has 1 aliphatic heterocycles. The molecule has 2 aromatic rings. The van der Waals surface area contributed by atoms with Crippen LogP contribution in [0.2, 0.25) is 0 Å². The number of nitrogens with zero attached hydrogens (tertiary/aromatic N) is 3. The normalized spacial score (nSPS) is 14.3. The fourth-order valence-electron chi connectivity index (χ4n) is 3.35. The number of rotatable bonds is 6. The van der Waals surface area contributed by atoms with Crippen LogP contribution in [0.3, 0.4) is 0 Å². The second-order valence-corrected chi connectivity index (χ2v) is 6.80. The van der Waals surface area contributed by atoms with Crippen LogP contribution in [0.15, 0.2) is 53.1 Å². The molecule has 1 fully saturated rings. The molecule has 0 spiro atoms. The Morgan fingerprint density at radius 2 is 1.93 bits per heavy atom. The van der Waals surface area contributed by atoms with Gasteiger partial charge in [0.25, 0.3) is 0 Å². The highest BCUT2D eigenvalue weighted by atomic mass is 16.3. The van der Waals surface area contributed by atoms with Gasteiger partial charge in [-0.3, -0.25) is 4.79 Å². The van der Waals surface area contributed by atoms with E-state index in [4.69, 9.17) is 9.68 Å². The Morgan fingerprint density at radius 1 is 1.18 bits per heavy atom. The maximum Gasteiger partial charge on any atom is 0.321 e. The van der Waals surface area contributed by atoms with Gasteiger partial charge < -0.3 is 19.5 Å². The third-order valence-electron chi connectivity index (χ3n) is 4.89. The fraction of sp³-hybridized carbons (Fsp3) is 0.381. The first-order valence-corrected chi connectivity index (χ1v) is 9.46.